The highest BCUT2D eigenvalue weighted by molar-refractivity contribution is 7.92. The molecule has 1 N–H and O–H groups in total. The number of hydrogen-bond acceptors (Lipinski definition) is 4. The lowest BCUT2D eigenvalue weighted by Gasteiger charge is -2.30. The fourth-order valence-corrected chi connectivity index (χ4v) is 4.91. The molecular formula is C25H34ClN3O4S. The zero-order chi connectivity index (χ0) is 25.5. The van der Waals surface area contributed by atoms with Gasteiger partial charge in [-0.05, 0) is 62.9 Å². The van der Waals surface area contributed by atoms with Gasteiger partial charge < -0.3 is 10.2 Å². The predicted molar refractivity (Wildman–Crippen MR) is 137 cm³/mol. The summed E-state index contributed by atoms with van der Waals surface area (Å²) in [5.74, 6) is -0.496. The first-order valence-electron chi connectivity index (χ1n) is 11.3. The van der Waals surface area contributed by atoms with Crippen LogP contribution in [0.5, 0.6) is 0 Å². The van der Waals surface area contributed by atoms with Crippen molar-refractivity contribution in [3.05, 3.63) is 64.2 Å². The number of nitrogens with zero attached hydrogens (tertiary/aromatic N) is 2. The molecule has 0 fully saturated rings. The monoisotopic (exact) mass is 507 g/mol. The Kier molecular flexibility index (Phi) is 9.94. The zero-order valence-electron chi connectivity index (χ0n) is 20.5. The van der Waals surface area contributed by atoms with Crippen molar-refractivity contribution in [1.82, 2.24) is 10.2 Å². The molecule has 0 aliphatic rings. The van der Waals surface area contributed by atoms with E-state index in [9.17, 15) is 18.0 Å². The van der Waals surface area contributed by atoms with Crippen LogP contribution < -0.4 is 9.62 Å². The Balaban J connectivity index is 2.20. The number of anilines is 1. The lowest BCUT2D eigenvalue weighted by molar-refractivity contribution is -0.140. The van der Waals surface area contributed by atoms with Crippen LogP contribution in [-0.2, 0) is 26.2 Å². The Morgan fingerprint density at radius 2 is 1.76 bits per heavy atom. The molecule has 1 unspecified atom stereocenters. The molecular weight excluding hydrogens is 474 g/mol. The van der Waals surface area contributed by atoms with Gasteiger partial charge in [-0.25, -0.2) is 8.42 Å². The van der Waals surface area contributed by atoms with E-state index in [4.69, 9.17) is 11.6 Å². The average Bonchev–Trinajstić information content (AvgIpc) is 2.77. The first-order valence-corrected chi connectivity index (χ1v) is 13.5. The molecule has 0 aliphatic carbocycles. The molecule has 0 saturated heterocycles. The minimum Gasteiger partial charge on any atom is -0.355 e. The number of sulfonamides is 1. The van der Waals surface area contributed by atoms with Gasteiger partial charge in [-0.1, -0.05) is 41.9 Å². The van der Waals surface area contributed by atoms with Gasteiger partial charge in [-0.2, -0.15) is 0 Å². The van der Waals surface area contributed by atoms with Crippen LogP contribution in [0, 0.1) is 13.8 Å². The number of amides is 2. The number of carbonyl (C=O) groups is 2. The molecule has 0 aliphatic heterocycles. The number of carbonyl (C=O) groups excluding carboxylic acids is 2. The van der Waals surface area contributed by atoms with E-state index in [1.807, 2.05) is 45.0 Å². The molecule has 2 aromatic rings. The minimum atomic E-state index is -3.54. The van der Waals surface area contributed by atoms with Gasteiger partial charge in [0.15, 0.2) is 0 Å². The summed E-state index contributed by atoms with van der Waals surface area (Å²) in [6, 6.07) is 12.0. The van der Waals surface area contributed by atoms with Crippen LogP contribution in [0.3, 0.4) is 0 Å². The van der Waals surface area contributed by atoms with Crippen molar-refractivity contribution in [1.29, 1.82) is 0 Å². The molecule has 9 heteroatoms. The summed E-state index contributed by atoms with van der Waals surface area (Å²) >= 11 is 6.30. The third-order valence-corrected chi connectivity index (χ3v) is 7.36. The van der Waals surface area contributed by atoms with Crippen molar-refractivity contribution < 1.29 is 18.0 Å². The molecule has 0 aromatic heterocycles. The van der Waals surface area contributed by atoms with Gasteiger partial charge in [-0.15, -0.1) is 0 Å². The SMILES string of the molecule is CCNC(=O)C(C)N(Cc1ccccc1Cl)C(=O)CCCN(c1cccc(C)c1C)S(C)(=O)=O. The lowest BCUT2D eigenvalue weighted by atomic mass is 10.1. The van der Waals surface area contributed by atoms with Crippen LogP contribution in [0.4, 0.5) is 5.69 Å². The van der Waals surface area contributed by atoms with E-state index in [0.717, 1.165) is 22.9 Å². The number of hydrogen-bond donors (Lipinski definition) is 1. The molecule has 0 heterocycles. The van der Waals surface area contributed by atoms with Gasteiger partial charge >= 0.3 is 0 Å². The molecule has 2 aromatic carbocycles. The third kappa shape index (κ3) is 7.21. The molecule has 0 spiro atoms. The Morgan fingerprint density at radius 3 is 2.38 bits per heavy atom. The van der Waals surface area contributed by atoms with Crippen LogP contribution in [0.25, 0.3) is 0 Å². The Morgan fingerprint density at radius 1 is 1.09 bits per heavy atom. The van der Waals surface area contributed by atoms with E-state index < -0.39 is 16.1 Å². The second-order valence-electron chi connectivity index (χ2n) is 8.34. The number of rotatable bonds is 11. The van der Waals surface area contributed by atoms with Gasteiger partial charge in [-0.3, -0.25) is 13.9 Å². The highest BCUT2D eigenvalue weighted by Crippen LogP contribution is 2.26. The minimum absolute atomic E-state index is 0.0884. The van der Waals surface area contributed by atoms with Gasteiger partial charge in [0.2, 0.25) is 21.8 Å². The first-order chi connectivity index (χ1) is 16.0. The maximum Gasteiger partial charge on any atom is 0.242 e. The van der Waals surface area contributed by atoms with Crippen LogP contribution in [0.2, 0.25) is 5.02 Å². The standard InChI is InChI=1S/C25H34ClN3O4S/c1-6-27-25(31)20(4)28(17-21-12-7-8-13-22(21)26)24(30)15-10-16-29(34(5,32)33)23-14-9-11-18(2)19(23)3/h7-9,11-14,20H,6,10,15-17H2,1-5H3,(H,27,31). The highest BCUT2D eigenvalue weighted by atomic mass is 35.5. The normalized spacial score (nSPS) is 12.2. The Bertz CT molecular complexity index is 1120. The lowest BCUT2D eigenvalue weighted by Crippen LogP contribution is -2.47. The maximum atomic E-state index is 13.2. The fraction of sp³-hybridized carbons (Fsp3) is 0.440. The fourth-order valence-electron chi connectivity index (χ4n) is 3.70. The molecule has 7 nitrogen and oxygen atoms in total. The smallest absolute Gasteiger partial charge is 0.242 e. The molecule has 0 bridgehead atoms. The molecule has 0 saturated carbocycles. The van der Waals surface area contributed by atoms with Crippen molar-refractivity contribution in [2.24, 2.45) is 0 Å². The topological polar surface area (TPSA) is 86.8 Å². The molecule has 186 valence electrons. The maximum absolute atomic E-state index is 13.2. The quantitative estimate of drug-likeness (QED) is 0.497. The van der Waals surface area contributed by atoms with Crippen molar-refractivity contribution in [3.63, 3.8) is 0 Å². The highest BCUT2D eigenvalue weighted by Gasteiger charge is 2.27. The Labute approximate surface area is 208 Å². The van der Waals surface area contributed by atoms with Gasteiger partial charge in [0.25, 0.3) is 0 Å². The second kappa shape index (κ2) is 12.2. The number of benzene rings is 2. The van der Waals surface area contributed by atoms with E-state index in [1.54, 1.807) is 25.1 Å². The van der Waals surface area contributed by atoms with Crippen LogP contribution >= 0.6 is 11.6 Å². The summed E-state index contributed by atoms with van der Waals surface area (Å²) in [4.78, 5) is 27.2. The first kappa shape index (κ1) is 27.7. The van der Waals surface area contributed by atoms with Crippen molar-refractivity contribution in [3.8, 4) is 0 Å². The zero-order valence-corrected chi connectivity index (χ0v) is 22.0. The summed E-state index contributed by atoms with van der Waals surface area (Å²) < 4.78 is 26.4. The summed E-state index contributed by atoms with van der Waals surface area (Å²) in [5.41, 5.74) is 3.22. The van der Waals surface area contributed by atoms with E-state index in [2.05, 4.69) is 5.32 Å². The van der Waals surface area contributed by atoms with Crippen LogP contribution in [0.1, 0.15) is 43.4 Å². The second-order valence-corrected chi connectivity index (χ2v) is 10.7. The predicted octanol–water partition coefficient (Wildman–Crippen LogP) is 4.06. The van der Waals surface area contributed by atoms with Crippen molar-refractivity contribution in [2.45, 2.75) is 53.1 Å². The molecule has 34 heavy (non-hydrogen) atoms. The van der Waals surface area contributed by atoms with Gasteiger partial charge in [0, 0.05) is 31.1 Å². The third-order valence-electron chi connectivity index (χ3n) is 5.81. The number of aryl methyl sites for hydroxylation is 1. The largest absolute Gasteiger partial charge is 0.355 e. The number of likely N-dealkylation sites (N-methyl/N-ethyl adjacent to an activating group) is 1. The van der Waals surface area contributed by atoms with Gasteiger partial charge in [0.05, 0.1) is 11.9 Å². The molecule has 2 rings (SSSR count). The summed E-state index contributed by atoms with van der Waals surface area (Å²) in [6.45, 7) is 8.10. The van der Waals surface area contributed by atoms with E-state index in [0.29, 0.717) is 23.7 Å². The van der Waals surface area contributed by atoms with Crippen LogP contribution in [0.15, 0.2) is 42.5 Å². The van der Waals surface area contributed by atoms with Crippen molar-refractivity contribution in [2.75, 3.05) is 23.7 Å². The Hall–Kier alpha value is -2.58. The summed E-state index contributed by atoms with van der Waals surface area (Å²) in [6.07, 6.45) is 1.56. The van der Waals surface area contributed by atoms with Gasteiger partial charge in [0.1, 0.15) is 6.04 Å². The molecule has 2 amide bonds. The number of nitrogens with one attached hydrogen (secondary N) is 1. The van der Waals surface area contributed by atoms with E-state index in [-0.39, 0.29) is 31.3 Å². The van der Waals surface area contributed by atoms with E-state index >= 15 is 0 Å². The van der Waals surface area contributed by atoms with E-state index in [1.165, 1.54) is 9.21 Å². The molecule has 0 radical (unpaired) electrons. The van der Waals surface area contributed by atoms with Crippen molar-refractivity contribution >= 4 is 39.1 Å². The summed E-state index contributed by atoms with van der Waals surface area (Å²) in [7, 11) is -3.54. The van der Waals surface area contributed by atoms with Crippen LogP contribution in [-0.4, -0.2) is 50.5 Å². The molecule has 1 atom stereocenters. The average molecular weight is 508 g/mol. The number of halogens is 1. The summed E-state index contributed by atoms with van der Waals surface area (Å²) in [5, 5.41) is 3.27.